The molecular weight excluding hydrogens is 376 g/mol. The second-order valence-corrected chi connectivity index (χ2v) is 7.09. The van der Waals surface area contributed by atoms with Crippen molar-refractivity contribution >= 4 is 5.91 Å². The molecule has 0 saturated carbocycles. The molecule has 2 aromatic carbocycles. The van der Waals surface area contributed by atoms with Crippen LogP contribution in [-0.4, -0.2) is 22.3 Å². The number of carbonyl (C=O) groups is 1. The number of fused-ring (bicyclic) bond motifs is 1. The molecule has 1 aliphatic carbocycles. The lowest BCUT2D eigenvalue weighted by Gasteiger charge is -2.16. The lowest BCUT2D eigenvalue weighted by molar-refractivity contribution is -0.0499. The van der Waals surface area contributed by atoms with Crippen LogP contribution in [0.2, 0.25) is 0 Å². The Bertz CT molecular complexity index is 1020. The van der Waals surface area contributed by atoms with E-state index in [4.69, 9.17) is 0 Å². The molecule has 5 nitrogen and oxygen atoms in total. The maximum Gasteiger partial charge on any atom is 0.387 e. The molecule has 150 valence electrons. The monoisotopic (exact) mass is 397 g/mol. The third kappa shape index (κ3) is 4.13. The lowest BCUT2D eigenvalue weighted by atomic mass is 10.0. The van der Waals surface area contributed by atoms with Gasteiger partial charge in [-0.05, 0) is 41.7 Å². The van der Waals surface area contributed by atoms with E-state index < -0.39 is 6.61 Å². The number of carbonyl (C=O) groups excluding carboxylic acids is 1. The van der Waals surface area contributed by atoms with Crippen molar-refractivity contribution < 1.29 is 18.3 Å². The Hall–Kier alpha value is -3.22. The molecule has 29 heavy (non-hydrogen) atoms. The van der Waals surface area contributed by atoms with Crippen LogP contribution in [0.5, 0.6) is 5.75 Å². The van der Waals surface area contributed by atoms with Crippen molar-refractivity contribution in [2.45, 2.75) is 31.9 Å². The molecule has 1 aliphatic rings. The molecule has 0 fully saturated rings. The van der Waals surface area contributed by atoms with Gasteiger partial charge in [-0.15, -0.1) is 0 Å². The van der Waals surface area contributed by atoms with E-state index in [1.54, 1.807) is 23.0 Å². The van der Waals surface area contributed by atoms with Crippen molar-refractivity contribution in [1.29, 1.82) is 0 Å². The van der Waals surface area contributed by atoms with Gasteiger partial charge in [-0.2, -0.15) is 13.9 Å². The van der Waals surface area contributed by atoms with Crippen LogP contribution in [0.3, 0.4) is 0 Å². The lowest BCUT2D eigenvalue weighted by Crippen LogP contribution is -2.28. The molecule has 7 heteroatoms. The topological polar surface area (TPSA) is 56.2 Å². The van der Waals surface area contributed by atoms with Crippen molar-refractivity contribution in [3.8, 4) is 5.75 Å². The first-order chi connectivity index (χ1) is 14.0. The van der Waals surface area contributed by atoms with Crippen LogP contribution >= 0.6 is 0 Å². The molecule has 4 rings (SSSR count). The second-order valence-electron chi connectivity index (χ2n) is 7.09. The fourth-order valence-electron chi connectivity index (χ4n) is 3.79. The number of rotatable bonds is 6. The predicted molar refractivity (Wildman–Crippen MR) is 104 cm³/mol. The molecule has 1 heterocycles. The Kier molecular flexibility index (Phi) is 5.29. The summed E-state index contributed by atoms with van der Waals surface area (Å²) in [5.74, 6) is -0.117. The molecule has 0 saturated heterocycles. The van der Waals surface area contributed by atoms with Gasteiger partial charge in [-0.25, -0.2) is 0 Å². The fourth-order valence-corrected chi connectivity index (χ4v) is 3.79. The minimum Gasteiger partial charge on any atom is -0.435 e. The number of ether oxygens (including phenoxy) is 1. The van der Waals surface area contributed by atoms with E-state index in [0.29, 0.717) is 18.4 Å². The highest BCUT2D eigenvalue weighted by Crippen LogP contribution is 2.34. The van der Waals surface area contributed by atoms with Gasteiger partial charge >= 0.3 is 6.61 Å². The highest BCUT2D eigenvalue weighted by Gasteiger charge is 2.27. The number of nitrogens with zero attached hydrogens (tertiary/aromatic N) is 2. The zero-order valence-electron chi connectivity index (χ0n) is 15.9. The van der Waals surface area contributed by atoms with Gasteiger partial charge in [-0.3, -0.25) is 9.48 Å². The predicted octanol–water partition coefficient (Wildman–Crippen LogP) is 4.03. The standard InChI is InChI=1S/C22H21F2N3O2/c1-27-20(11-14-5-3-2-4-6-14)18(13-25-27)21(28)26-19-10-8-15-7-9-16(12-17(15)19)29-22(23)24/h2-7,9,12-13,19,22H,8,10-11H2,1H3,(H,26,28)/t19-/m0/s1. The summed E-state index contributed by atoms with van der Waals surface area (Å²) in [6.07, 6.45) is 3.65. The van der Waals surface area contributed by atoms with E-state index in [-0.39, 0.29) is 17.7 Å². The first-order valence-corrected chi connectivity index (χ1v) is 9.44. The van der Waals surface area contributed by atoms with E-state index in [1.807, 2.05) is 37.4 Å². The quantitative estimate of drug-likeness (QED) is 0.683. The fraction of sp³-hybridized carbons (Fsp3) is 0.273. The molecule has 3 aromatic rings. The third-order valence-electron chi connectivity index (χ3n) is 5.25. The van der Waals surface area contributed by atoms with Gasteiger partial charge in [0.15, 0.2) is 0 Å². The van der Waals surface area contributed by atoms with Gasteiger partial charge in [0.2, 0.25) is 0 Å². The molecule has 0 spiro atoms. The molecule has 1 N–H and O–H groups in total. The summed E-state index contributed by atoms with van der Waals surface area (Å²) in [7, 11) is 1.81. The van der Waals surface area contributed by atoms with E-state index in [2.05, 4.69) is 15.2 Å². The van der Waals surface area contributed by atoms with Gasteiger partial charge < -0.3 is 10.1 Å². The highest BCUT2D eigenvalue weighted by atomic mass is 19.3. The van der Waals surface area contributed by atoms with Crippen molar-refractivity contribution in [3.63, 3.8) is 0 Å². The summed E-state index contributed by atoms with van der Waals surface area (Å²) < 4.78 is 31.3. The molecule has 0 radical (unpaired) electrons. The molecule has 1 atom stereocenters. The average Bonchev–Trinajstić information content (AvgIpc) is 3.26. The minimum atomic E-state index is -2.88. The summed E-state index contributed by atoms with van der Waals surface area (Å²) in [6.45, 7) is -2.88. The van der Waals surface area contributed by atoms with Crippen LogP contribution in [0.4, 0.5) is 8.78 Å². The van der Waals surface area contributed by atoms with Gasteiger partial charge in [0.25, 0.3) is 5.91 Å². The molecule has 1 amide bonds. The zero-order chi connectivity index (χ0) is 20.4. The van der Waals surface area contributed by atoms with Crippen molar-refractivity contribution in [2.24, 2.45) is 7.05 Å². The van der Waals surface area contributed by atoms with Gasteiger partial charge in [0.05, 0.1) is 23.5 Å². The van der Waals surface area contributed by atoms with Gasteiger partial charge in [0, 0.05) is 13.5 Å². The minimum absolute atomic E-state index is 0.103. The van der Waals surface area contributed by atoms with E-state index in [9.17, 15) is 13.6 Å². The van der Waals surface area contributed by atoms with Crippen LogP contribution in [0, 0.1) is 0 Å². The number of hydrogen-bond donors (Lipinski definition) is 1. The second kappa shape index (κ2) is 8.03. The summed E-state index contributed by atoms with van der Waals surface area (Å²) in [5, 5.41) is 7.29. The van der Waals surface area contributed by atoms with Crippen molar-refractivity contribution in [3.05, 3.63) is 82.7 Å². The van der Waals surface area contributed by atoms with Crippen LogP contribution in [0.1, 0.15) is 45.2 Å². The summed E-state index contributed by atoms with van der Waals surface area (Å²) >= 11 is 0. The summed E-state index contributed by atoms with van der Waals surface area (Å²) in [5.41, 5.74) is 4.29. The first kappa shape index (κ1) is 19.1. The van der Waals surface area contributed by atoms with E-state index in [1.165, 1.54) is 6.07 Å². The van der Waals surface area contributed by atoms with Crippen LogP contribution in [0.15, 0.2) is 54.7 Å². The largest absolute Gasteiger partial charge is 0.435 e. The Balaban J connectivity index is 1.53. The number of aromatic nitrogens is 2. The van der Waals surface area contributed by atoms with Crippen LogP contribution in [-0.2, 0) is 19.9 Å². The SMILES string of the molecule is Cn1ncc(C(=O)N[C@H]2CCc3ccc(OC(F)F)cc32)c1Cc1ccccc1. The maximum absolute atomic E-state index is 13.0. The molecule has 1 aromatic heterocycles. The number of halogens is 2. The Morgan fingerprint density at radius 1 is 1.28 bits per heavy atom. The molecule has 0 bridgehead atoms. The average molecular weight is 397 g/mol. The van der Waals surface area contributed by atoms with Crippen LogP contribution < -0.4 is 10.1 Å². The van der Waals surface area contributed by atoms with E-state index in [0.717, 1.165) is 28.8 Å². The van der Waals surface area contributed by atoms with Crippen molar-refractivity contribution in [1.82, 2.24) is 15.1 Å². The smallest absolute Gasteiger partial charge is 0.387 e. The Morgan fingerprint density at radius 2 is 2.07 bits per heavy atom. The van der Waals surface area contributed by atoms with Gasteiger partial charge in [-0.1, -0.05) is 36.4 Å². The maximum atomic E-state index is 13.0. The number of amides is 1. The number of nitrogens with one attached hydrogen (secondary N) is 1. The van der Waals surface area contributed by atoms with E-state index >= 15 is 0 Å². The Morgan fingerprint density at radius 3 is 2.83 bits per heavy atom. The number of alkyl halides is 2. The van der Waals surface area contributed by atoms with Crippen molar-refractivity contribution in [2.75, 3.05) is 0 Å². The molecule has 0 unspecified atom stereocenters. The molecule has 0 aliphatic heterocycles. The van der Waals surface area contributed by atoms with Crippen LogP contribution in [0.25, 0.3) is 0 Å². The van der Waals surface area contributed by atoms with Gasteiger partial charge in [0.1, 0.15) is 5.75 Å². The number of aryl methyl sites for hydroxylation is 2. The summed E-state index contributed by atoms with van der Waals surface area (Å²) in [4.78, 5) is 13.0. The number of benzene rings is 2. The third-order valence-corrected chi connectivity index (χ3v) is 5.25. The number of hydrogen-bond acceptors (Lipinski definition) is 3. The zero-order valence-corrected chi connectivity index (χ0v) is 15.9. The molecular formula is C22H21F2N3O2. The Labute approximate surface area is 167 Å². The highest BCUT2D eigenvalue weighted by molar-refractivity contribution is 5.95. The normalized spacial score (nSPS) is 15.4. The summed E-state index contributed by atoms with van der Waals surface area (Å²) in [6, 6.07) is 14.5. The first-order valence-electron chi connectivity index (χ1n) is 9.44.